The molecule has 2 aromatic heterocycles. The zero-order valence-electron chi connectivity index (χ0n) is 18.5. The van der Waals surface area contributed by atoms with Gasteiger partial charge in [-0.15, -0.1) is 0 Å². The number of anilines is 1. The van der Waals surface area contributed by atoms with Gasteiger partial charge in [-0.2, -0.15) is 0 Å². The molecule has 0 spiro atoms. The zero-order chi connectivity index (χ0) is 21.4. The SMILES string of the molecule is COc1ccncc1C1CCC2NNC(c3cc(N4C[C@@H](C)O[C@@H](C)C4)ncn3)C2C1. The predicted molar refractivity (Wildman–Crippen MR) is 118 cm³/mol. The smallest absolute Gasteiger partial charge is 0.132 e. The number of methoxy groups -OCH3 is 1. The van der Waals surface area contributed by atoms with Gasteiger partial charge in [0.25, 0.3) is 0 Å². The standard InChI is InChI=1S/C23H32N6O2/c1-14-11-29(12-15(2)31-14)22-9-20(25-13-26-22)23-17-8-16(4-5-19(17)27-28-23)18-10-24-7-6-21(18)30-3/h6-7,9-10,13-17,19,23,27-28H,4-5,8,11-12H2,1-3H3/t14-,15+,16?,17?,19?,23?. The Hall–Kier alpha value is -2.29. The van der Waals surface area contributed by atoms with E-state index in [9.17, 15) is 0 Å². The molecule has 166 valence electrons. The summed E-state index contributed by atoms with van der Waals surface area (Å²) in [5.41, 5.74) is 9.33. The van der Waals surface area contributed by atoms with E-state index in [-0.39, 0.29) is 18.2 Å². The monoisotopic (exact) mass is 424 g/mol. The van der Waals surface area contributed by atoms with Crippen LogP contribution in [0.1, 0.15) is 56.3 Å². The lowest BCUT2D eigenvalue weighted by atomic mass is 9.73. The Labute approximate surface area is 183 Å². The van der Waals surface area contributed by atoms with Gasteiger partial charge in [-0.05, 0) is 51.0 Å². The summed E-state index contributed by atoms with van der Waals surface area (Å²) < 4.78 is 11.5. The van der Waals surface area contributed by atoms with Crippen molar-refractivity contribution in [3.05, 3.63) is 42.1 Å². The van der Waals surface area contributed by atoms with E-state index in [2.05, 4.69) is 50.6 Å². The number of hydrogen-bond donors (Lipinski definition) is 2. The first-order valence-corrected chi connectivity index (χ1v) is 11.3. The Balaban J connectivity index is 1.36. The number of morpholine rings is 1. The predicted octanol–water partition coefficient (Wildman–Crippen LogP) is 2.60. The third kappa shape index (κ3) is 4.12. The Bertz CT molecular complexity index is 901. The van der Waals surface area contributed by atoms with Crippen LogP contribution in [0.3, 0.4) is 0 Å². The second-order valence-electron chi connectivity index (χ2n) is 9.13. The fourth-order valence-corrected chi connectivity index (χ4v) is 5.59. The number of nitrogens with zero attached hydrogens (tertiary/aromatic N) is 4. The summed E-state index contributed by atoms with van der Waals surface area (Å²) in [5.74, 6) is 2.82. The van der Waals surface area contributed by atoms with Crippen LogP contribution in [0, 0.1) is 5.92 Å². The molecule has 1 saturated carbocycles. The maximum atomic E-state index is 5.89. The number of aromatic nitrogens is 3. The number of nitrogens with one attached hydrogen (secondary N) is 2. The summed E-state index contributed by atoms with van der Waals surface area (Å²) >= 11 is 0. The molecule has 3 fully saturated rings. The zero-order valence-corrected chi connectivity index (χ0v) is 18.5. The van der Waals surface area contributed by atoms with E-state index < -0.39 is 0 Å². The van der Waals surface area contributed by atoms with E-state index in [1.165, 1.54) is 5.56 Å². The van der Waals surface area contributed by atoms with E-state index in [4.69, 9.17) is 9.47 Å². The van der Waals surface area contributed by atoms with Crippen molar-refractivity contribution in [1.29, 1.82) is 0 Å². The molecule has 8 nitrogen and oxygen atoms in total. The van der Waals surface area contributed by atoms with Gasteiger partial charge in [0.05, 0.1) is 31.1 Å². The highest BCUT2D eigenvalue weighted by atomic mass is 16.5. The van der Waals surface area contributed by atoms with Crippen LogP contribution in [0.2, 0.25) is 0 Å². The van der Waals surface area contributed by atoms with Gasteiger partial charge in [0.1, 0.15) is 17.9 Å². The van der Waals surface area contributed by atoms with E-state index in [1.807, 2.05) is 12.3 Å². The van der Waals surface area contributed by atoms with Crippen LogP contribution >= 0.6 is 0 Å². The first-order valence-electron chi connectivity index (χ1n) is 11.3. The highest BCUT2D eigenvalue weighted by Gasteiger charge is 2.42. The van der Waals surface area contributed by atoms with E-state index in [0.717, 1.165) is 49.6 Å². The molecule has 4 unspecified atom stereocenters. The molecule has 0 radical (unpaired) electrons. The maximum Gasteiger partial charge on any atom is 0.132 e. The first kappa shape index (κ1) is 20.6. The average Bonchev–Trinajstić information content (AvgIpc) is 3.22. The molecule has 1 aliphatic carbocycles. The van der Waals surface area contributed by atoms with Crippen LogP contribution in [0.4, 0.5) is 5.82 Å². The molecule has 8 heteroatoms. The fraction of sp³-hybridized carbons (Fsp3) is 0.609. The van der Waals surface area contributed by atoms with Crippen molar-refractivity contribution in [2.24, 2.45) is 5.92 Å². The Morgan fingerprint density at radius 3 is 2.77 bits per heavy atom. The minimum atomic E-state index is 0.160. The number of pyridine rings is 1. The topological polar surface area (TPSA) is 84.4 Å². The van der Waals surface area contributed by atoms with Gasteiger partial charge < -0.3 is 14.4 Å². The number of hydrazine groups is 1. The Kier molecular flexibility index (Phi) is 5.77. The number of fused-ring (bicyclic) bond motifs is 1. The normalized spacial score (nSPS) is 33.2. The van der Waals surface area contributed by atoms with Crippen LogP contribution in [0.15, 0.2) is 30.9 Å². The van der Waals surface area contributed by atoms with Crippen LogP contribution in [-0.2, 0) is 4.74 Å². The Morgan fingerprint density at radius 1 is 1.13 bits per heavy atom. The highest BCUT2D eigenvalue weighted by molar-refractivity contribution is 5.41. The summed E-state index contributed by atoms with van der Waals surface area (Å²) in [6.07, 6.45) is 9.19. The molecule has 5 rings (SSSR count). The van der Waals surface area contributed by atoms with Crippen molar-refractivity contribution in [2.75, 3.05) is 25.1 Å². The number of ether oxygens (including phenoxy) is 2. The third-order valence-electron chi connectivity index (χ3n) is 6.96. The summed E-state index contributed by atoms with van der Waals surface area (Å²) in [4.78, 5) is 15.9. The van der Waals surface area contributed by atoms with Crippen molar-refractivity contribution in [2.45, 2.75) is 63.3 Å². The molecule has 0 aromatic carbocycles. The van der Waals surface area contributed by atoms with Gasteiger partial charge in [-0.1, -0.05) is 0 Å². The molecular formula is C23H32N6O2. The highest BCUT2D eigenvalue weighted by Crippen LogP contribution is 2.45. The van der Waals surface area contributed by atoms with Crippen molar-refractivity contribution < 1.29 is 9.47 Å². The summed E-state index contributed by atoms with van der Waals surface area (Å²) in [7, 11) is 1.74. The molecular weight excluding hydrogens is 392 g/mol. The van der Waals surface area contributed by atoms with E-state index in [1.54, 1.807) is 19.6 Å². The van der Waals surface area contributed by atoms with Gasteiger partial charge in [0, 0.05) is 43.2 Å². The number of rotatable bonds is 4. The molecule has 3 aliphatic rings. The summed E-state index contributed by atoms with van der Waals surface area (Å²) in [5, 5.41) is 0. The molecule has 2 aromatic rings. The lowest BCUT2D eigenvalue weighted by molar-refractivity contribution is -0.00547. The van der Waals surface area contributed by atoms with E-state index in [0.29, 0.717) is 17.9 Å². The minimum absolute atomic E-state index is 0.160. The van der Waals surface area contributed by atoms with Crippen molar-refractivity contribution in [3.63, 3.8) is 0 Å². The Morgan fingerprint density at radius 2 is 1.97 bits per heavy atom. The first-order chi connectivity index (χ1) is 15.1. The quantitative estimate of drug-likeness (QED) is 0.775. The van der Waals surface area contributed by atoms with Gasteiger partial charge in [0.15, 0.2) is 0 Å². The second-order valence-corrected chi connectivity index (χ2v) is 9.13. The molecule has 0 amide bonds. The van der Waals surface area contributed by atoms with Gasteiger partial charge in [-0.25, -0.2) is 15.4 Å². The van der Waals surface area contributed by atoms with Crippen molar-refractivity contribution in [3.8, 4) is 5.75 Å². The molecule has 2 aliphatic heterocycles. The lowest BCUT2D eigenvalue weighted by Crippen LogP contribution is -2.46. The molecule has 4 heterocycles. The third-order valence-corrected chi connectivity index (χ3v) is 6.96. The fourth-order valence-electron chi connectivity index (χ4n) is 5.59. The maximum absolute atomic E-state index is 5.89. The molecule has 2 saturated heterocycles. The average molecular weight is 425 g/mol. The second kappa shape index (κ2) is 8.68. The molecule has 31 heavy (non-hydrogen) atoms. The van der Waals surface area contributed by atoms with Crippen LogP contribution < -0.4 is 20.5 Å². The lowest BCUT2D eigenvalue weighted by Gasteiger charge is -2.36. The minimum Gasteiger partial charge on any atom is -0.496 e. The van der Waals surface area contributed by atoms with Crippen LogP contribution in [0.5, 0.6) is 5.75 Å². The van der Waals surface area contributed by atoms with Gasteiger partial charge >= 0.3 is 0 Å². The summed E-state index contributed by atoms with van der Waals surface area (Å²) in [6, 6.07) is 4.73. The molecule has 2 N–H and O–H groups in total. The van der Waals surface area contributed by atoms with Gasteiger partial charge in [-0.3, -0.25) is 10.4 Å². The van der Waals surface area contributed by atoms with Gasteiger partial charge in [0.2, 0.25) is 0 Å². The number of hydrogen-bond acceptors (Lipinski definition) is 8. The molecule has 0 bridgehead atoms. The largest absolute Gasteiger partial charge is 0.496 e. The molecule has 6 atom stereocenters. The van der Waals surface area contributed by atoms with Crippen molar-refractivity contribution >= 4 is 5.82 Å². The van der Waals surface area contributed by atoms with E-state index >= 15 is 0 Å². The van der Waals surface area contributed by atoms with Crippen LogP contribution in [0.25, 0.3) is 0 Å². The van der Waals surface area contributed by atoms with Crippen LogP contribution in [-0.4, -0.2) is 53.4 Å². The van der Waals surface area contributed by atoms with Crippen molar-refractivity contribution in [1.82, 2.24) is 25.8 Å². The summed E-state index contributed by atoms with van der Waals surface area (Å²) in [6.45, 7) is 5.94.